The molecule has 2 aliphatic heterocycles. The second kappa shape index (κ2) is 4.76. The molecule has 1 spiro atoms. The van der Waals surface area contributed by atoms with Crippen molar-refractivity contribution >= 4 is 23.9 Å². The topological polar surface area (TPSA) is 38.7 Å². The maximum Gasteiger partial charge on any atom is 0.319 e. The molecule has 0 aromatic rings. The zero-order chi connectivity index (χ0) is 14.4. The lowest BCUT2D eigenvalue weighted by Gasteiger charge is -2.37. The number of aliphatic imine (C=N–C) groups is 1. The van der Waals surface area contributed by atoms with Gasteiger partial charge in [-0.1, -0.05) is 12.2 Å². The molecule has 3 atom stereocenters. The second-order valence-electron chi connectivity index (χ2n) is 6.69. The van der Waals surface area contributed by atoms with Crippen molar-refractivity contribution in [2.75, 3.05) is 0 Å². The van der Waals surface area contributed by atoms with Crippen molar-refractivity contribution in [2.45, 2.75) is 55.6 Å². The van der Waals surface area contributed by atoms with E-state index in [1.807, 2.05) is 27.0 Å². The Bertz CT molecular complexity index is 515. The van der Waals surface area contributed by atoms with Gasteiger partial charge < -0.3 is 4.74 Å². The molecule has 3 unspecified atom stereocenters. The standard InChI is InChI=1S/C16H21NO2S/c1-15(2,3)19-14(18)12-10-11-7-9-17-13-6-4-5-8-16(11,13)20-12/h4-6,9,11-12H,7-8,10H2,1-3H3. The fraction of sp³-hybridized carbons (Fsp3) is 0.625. The predicted octanol–water partition coefficient (Wildman–Crippen LogP) is 3.51. The Kier molecular flexibility index (Phi) is 3.32. The number of esters is 1. The van der Waals surface area contributed by atoms with E-state index in [1.54, 1.807) is 11.8 Å². The highest BCUT2D eigenvalue weighted by atomic mass is 32.2. The van der Waals surface area contributed by atoms with Crippen LogP contribution in [0.2, 0.25) is 0 Å². The van der Waals surface area contributed by atoms with Crippen molar-refractivity contribution < 1.29 is 9.53 Å². The molecule has 20 heavy (non-hydrogen) atoms. The van der Waals surface area contributed by atoms with Crippen molar-refractivity contribution in [1.82, 2.24) is 0 Å². The SMILES string of the molecule is CC(C)(C)OC(=O)C1CC2CC=NC3=CC=CCC32S1. The van der Waals surface area contributed by atoms with Crippen LogP contribution >= 0.6 is 11.8 Å². The third kappa shape index (κ3) is 2.34. The van der Waals surface area contributed by atoms with E-state index in [2.05, 4.69) is 23.2 Å². The highest BCUT2D eigenvalue weighted by Gasteiger charge is 2.53. The van der Waals surface area contributed by atoms with Crippen LogP contribution in [0.4, 0.5) is 0 Å². The highest BCUT2D eigenvalue weighted by molar-refractivity contribution is 8.02. The molecule has 2 heterocycles. The van der Waals surface area contributed by atoms with E-state index in [-0.39, 0.29) is 16.0 Å². The van der Waals surface area contributed by atoms with Crippen molar-refractivity contribution in [3.63, 3.8) is 0 Å². The second-order valence-corrected chi connectivity index (χ2v) is 8.23. The Morgan fingerprint density at radius 1 is 1.50 bits per heavy atom. The van der Waals surface area contributed by atoms with Gasteiger partial charge in [-0.25, -0.2) is 0 Å². The summed E-state index contributed by atoms with van der Waals surface area (Å²) < 4.78 is 5.57. The van der Waals surface area contributed by atoms with E-state index in [1.165, 1.54) is 0 Å². The maximum absolute atomic E-state index is 12.4. The molecule has 0 saturated carbocycles. The number of carbonyl (C=O) groups excluding carboxylic acids is 1. The summed E-state index contributed by atoms with van der Waals surface area (Å²) in [4.78, 5) is 16.9. The van der Waals surface area contributed by atoms with Gasteiger partial charge in [0, 0.05) is 6.21 Å². The molecule has 0 bridgehead atoms. The van der Waals surface area contributed by atoms with Crippen LogP contribution < -0.4 is 0 Å². The first-order valence-electron chi connectivity index (χ1n) is 7.21. The van der Waals surface area contributed by atoms with Gasteiger partial charge in [-0.15, -0.1) is 11.8 Å². The minimum absolute atomic E-state index is 0.00503. The molecule has 1 fully saturated rings. The quantitative estimate of drug-likeness (QED) is 0.694. The molecular formula is C16H21NO2S. The molecule has 3 rings (SSSR count). The van der Waals surface area contributed by atoms with Crippen LogP contribution in [0.5, 0.6) is 0 Å². The van der Waals surface area contributed by atoms with E-state index in [9.17, 15) is 4.79 Å². The van der Waals surface area contributed by atoms with Crippen LogP contribution in [-0.4, -0.2) is 27.8 Å². The van der Waals surface area contributed by atoms with E-state index < -0.39 is 5.60 Å². The van der Waals surface area contributed by atoms with Crippen LogP contribution in [0.3, 0.4) is 0 Å². The Morgan fingerprint density at radius 2 is 2.30 bits per heavy atom. The van der Waals surface area contributed by atoms with Crippen molar-refractivity contribution in [1.29, 1.82) is 0 Å². The number of rotatable bonds is 1. The van der Waals surface area contributed by atoms with Gasteiger partial charge in [-0.2, -0.15) is 0 Å². The van der Waals surface area contributed by atoms with Gasteiger partial charge in [-0.3, -0.25) is 9.79 Å². The first-order valence-corrected chi connectivity index (χ1v) is 8.09. The number of hydrogen-bond acceptors (Lipinski definition) is 4. The zero-order valence-corrected chi connectivity index (χ0v) is 13.1. The number of ether oxygens (including phenoxy) is 1. The molecule has 4 heteroatoms. The molecule has 3 nitrogen and oxygen atoms in total. The van der Waals surface area contributed by atoms with Gasteiger partial charge in [0.15, 0.2) is 0 Å². The van der Waals surface area contributed by atoms with Crippen LogP contribution in [0.15, 0.2) is 28.9 Å². The summed E-state index contributed by atoms with van der Waals surface area (Å²) in [6.07, 6.45) is 11.2. The summed E-state index contributed by atoms with van der Waals surface area (Å²) in [6.45, 7) is 5.77. The van der Waals surface area contributed by atoms with Gasteiger partial charge in [0.25, 0.3) is 0 Å². The summed E-state index contributed by atoms with van der Waals surface area (Å²) >= 11 is 1.77. The minimum atomic E-state index is -0.412. The number of nitrogens with zero attached hydrogens (tertiary/aromatic N) is 1. The molecule has 0 aromatic carbocycles. The fourth-order valence-corrected chi connectivity index (χ4v) is 5.01. The molecule has 108 valence electrons. The smallest absolute Gasteiger partial charge is 0.319 e. The van der Waals surface area contributed by atoms with E-state index in [0.717, 1.165) is 25.0 Å². The van der Waals surface area contributed by atoms with Crippen LogP contribution in [0.1, 0.15) is 40.0 Å². The fourth-order valence-electron chi connectivity index (χ4n) is 3.21. The minimum Gasteiger partial charge on any atom is -0.459 e. The number of carbonyl (C=O) groups is 1. The number of allylic oxidation sites excluding steroid dienone is 3. The molecule has 1 saturated heterocycles. The summed E-state index contributed by atoms with van der Waals surface area (Å²) in [7, 11) is 0. The average molecular weight is 291 g/mol. The Hall–Kier alpha value is -1.03. The van der Waals surface area contributed by atoms with E-state index in [4.69, 9.17) is 4.74 Å². The lowest BCUT2D eigenvalue weighted by molar-refractivity contribution is -0.154. The van der Waals surface area contributed by atoms with Gasteiger partial charge in [0.1, 0.15) is 10.9 Å². The summed E-state index contributed by atoms with van der Waals surface area (Å²) in [5.41, 5.74) is 0.720. The Morgan fingerprint density at radius 3 is 3.05 bits per heavy atom. The molecular weight excluding hydrogens is 270 g/mol. The zero-order valence-electron chi connectivity index (χ0n) is 12.3. The molecule has 0 N–H and O–H groups in total. The highest BCUT2D eigenvalue weighted by Crippen LogP contribution is 2.58. The molecule has 0 radical (unpaired) electrons. The molecule has 0 amide bonds. The monoisotopic (exact) mass is 291 g/mol. The summed E-state index contributed by atoms with van der Waals surface area (Å²) in [6, 6.07) is 0. The first kappa shape index (κ1) is 13.9. The molecule has 0 aromatic heterocycles. The van der Waals surface area contributed by atoms with Crippen LogP contribution in [-0.2, 0) is 9.53 Å². The van der Waals surface area contributed by atoms with Crippen molar-refractivity contribution in [2.24, 2.45) is 10.9 Å². The van der Waals surface area contributed by atoms with Crippen LogP contribution in [0.25, 0.3) is 0 Å². The largest absolute Gasteiger partial charge is 0.459 e. The van der Waals surface area contributed by atoms with Crippen LogP contribution in [0, 0.1) is 5.92 Å². The summed E-state index contributed by atoms with van der Waals surface area (Å²) in [5.74, 6) is 0.430. The third-order valence-electron chi connectivity index (χ3n) is 4.05. The predicted molar refractivity (Wildman–Crippen MR) is 83.0 cm³/mol. The lowest BCUT2D eigenvalue weighted by Crippen LogP contribution is -2.35. The Labute approximate surface area is 124 Å². The number of thioether (sulfide) groups is 1. The molecule has 1 aliphatic carbocycles. The van der Waals surface area contributed by atoms with Gasteiger partial charge >= 0.3 is 5.97 Å². The van der Waals surface area contributed by atoms with Gasteiger partial charge in [-0.05, 0) is 52.0 Å². The van der Waals surface area contributed by atoms with Gasteiger partial charge in [0.2, 0.25) is 0 Å². The van der Waals surface area contributed by atoms with Gasteiger partial charge in [0.05, 0.1) is 10.4 Å². The van der Waals surface area contributed by atoms with E-state index in [0.29, 0.717) is 5.92 Å². The maximum atomic E-state index is 12.4. The molecule has 3 aliphatic rings. The lowest BCUT2D eigenvalue weighted by atomic mass is 9.78. The van der Waals surface area contributed by atoms with Crippen molar-refractivity contribution in [3.8, 4) is 0 Å². The van der Waals surface area contributed by atoms with Crippen molar-refractivity contribution in [3.05, 3.63) is 23.9 Å². The van der Waals surface area contributed by atoms with E-state index >= 15 is 0 Å². The number of hydrogen-bond donors (Lipinski definition) is 0. The Balaban J connectivity index is 1.81. The first-order chi connectivity index (χ1) is 9.41. The summed E-state index contributed by atoms with van der Waals surface area (Å²) in [5, 5.41) is -0.0594. The third-order valence-corrected chi connectivity index (χ3v) is 5.84. The normalized spacial score (nSPS) is 35.2. The average Bonchev–Trinajstić information content (AvgIpc) is 2.74.